The summed E-state index contributed by atoms with van der Waals surface area (Å²) in [4.78, 5) is 23.3. The highest BCUT2D eigenvalue weighted by Crippen LogP contribution is 2.29. The molecule has 2 amide bonds. The molecule has 0 radical (unpaired) electrons. The Morgan fingerprint density at radius 1 is 1.25 bits per heavy atom. The van der Waals surface area contributed by atoms with Crippen molar-refractivity contribution < 1.29 is 9.59 Å². The Hall–Kier alpha value is -1.49. The van der Waals surface area contributed by atoms with Gasteiger partial charge in [0.1, 0.15) is 6.04 Å². The van der Waals surface area contributed by atoms with Crippen molar-refractivity contribution in [3.63, 3.8) is 0 Å². The molecule has 0 saturated heterocycles. The van der Waals surface area contributed by atoms with Crippen molar-refractivity contribution in [1.29, 1.82) is 0 Å². The molecule has 1 aromatic carbocycles. The van der Waals surface area contributed by atoms with Gasteiger partial charge in [-0.15, -0.1) is 0 Å². The monoisotopic (exact) mass is 294 g/mol. The maximum absolute atomic E-state index is 12.2. The van der Waals surface area contributed by atoms with E-state index in [-0.39, 0.29) is 23.0 Å². The van der Waals surface area contributed by atoms with E-state index in [1.54, 1.807) is 0 Å². The van der Waals surface area contributed by atoms with E-state index in [0.717, 1.165) is 11.3 Å². The molecule has 1 atom stereocenters. The summed E-state index contributed by atoms with van der Waals surface area (Å²) in [6.07, 6.45) is 0. The molecular weight excluding hydrogens is 272 g/mol. The zero-order chi connectivity index (χ0) is 15.3. The molecule has 0 aliphatic heterocycles. The van der Waals surface area contributed by atoms with Crippen molar-refractivity contribution in [2.24, 2.45) is 0 Å². The summed E-state index contributed by atoms with van der Waals surface area (Å²) in [5.74, 6) is -0.251. The van der Waals surface area contributed by atoms with Gasteiger partial charge in [0.05, 0.1) is 0 Å². The molecule has 2 N–H and O–H groups in total. The lowest BCUT2D eigenvalue weighted by molar-refractivity contribution is -0.124. The number of carbonyl (C=O) groups is 2. The maximum Gasteiger partial charge on any atom is 0.247 e. The largest absolute Gasteiger partial charge is 0.344 e. The van der Waals surface area contributed by atoms with Crippen molar-refractivity contribution in [2.75, 3.05) is 11.1 Å². The predicted octanol–water partition coefficient (Wildman–Crippen LogP) is 2.36. The van der Waals surface area contributed by atoms with Crippen LogP contribution < -0.4 is 10.6 Å². The van der Waals surface area contributed by atoms with Crippen LogP contribution in [0.15, 0.2) is 24.3 Å². The quantitative estimate of drug-likeness (QED) is 0.747. The fourth-order valence-corrected chi connectivity index (χ4v) is 2.16. The van der Waals surface area contributed by atoms with Gasteiger partial charge in [0.25, 0.3) is 0 Å². The second-order valence-corrected chi connectivity index (χ2v) is 6.09. The number of para-hydroxylation sites is 1. The average Bonchev–Trinajstić information content (AvgIpc) is 2.34. The molecule has 1 rings (SSSR count). The third-order valence-corrected chi connectivity index (χ3v) is 3.23. The van der Waals surface area contributed by atoms with Gasteiger partial charge in [-0.3, -0.25) is 9.59 Å². The number of rotatable bonds is 4. The first kappa shape index (κ1) is 16.6. The molecule has 110 valence electrons. The van der Waals surface area contributed by atoms with Gasteiger partial charge >= 0.3 is 0 Å². The summed E-state index contributed by atoms with van der Waals surface area (Å²) >= 11 is 4.10. The minimum atomic E-state index is -0.635. The first-order chi connectivity index (χ1) is 9.25. The van der Waals surface area contributed by atoms with E-state index in [4.69, 9.17) is 0 Å². The highest BCUT2D eigenvalue weighted by Gasteiger charge is 2.22. The van der Waals surface area contributed by atoms with Gasteiger partial charge in [0.2, 0.25) is 11.8 Å². The minimum Gasteiger partial charge on any atom is -0.344 e. The summed E-state index contributed by atoms with van der Waals surface area (Å²) in [6, 6.07) is 7.04. The van der Waals surface area contributed by atoms with Crippen LogP contribution in [0.25, 0.3) is 0 Å². The smallest absolute Gasteiger partial charge is 0.247 e. The van der Waals surface area contributed by atoms with Crippen LogP contribution in [0.5, 0.6) is 0 Å². The normalized spacial score (nSPS) is 12.7. The summed E-state index contributed by atoms with van der Waals surface area (Å²) in [7, 11) is 0. The van der Waals surface area contributed by atoms with Crippen LogP contribution >= 0.6 is 12.6 Å². The molecule has 0 aliphatic carbocycles. The van der Waals surface area contributed by atoms with Crippen LogP contribution in [-0.4, -0.2) is 23.6 Å². The Balaban J connectivity index is 2.93. The van der Waals surface area contributed by atoms with Crippen LogP contribution in [0.2, 0.25) is 0 Å². The summed E-state index contributed by atoms with van der Waals surface area (Å²) in [5.41, 5.74) is 1.74. The van der Waals surface area contributed by atoms with E-state index < -0.39 is 6.04 Å². The number of nitrogens with one attached hydrogen (secondary N) is 2. The Morgan fingerprint density at radius 3 is 2.35 bits per heavy atom. The van der Waals surface area contributed by atoms with Gasteiger partial charge in [-0.2, -0.15) is 12.6 Å². The lowest BCUT2D eigenvalue weighted by Gasteiger charge is -2.24. The van der Waals surface area contributed by atoms with E-state index in [2.05, 4.69) is 44.0 Å². The third-order valence-electron chi connectivity index (χ3n) is 2.87. The van der Waals surface area contributed by atoms with Gasteiger partial charge in [-0.05, 0) is 17.0 Å². The van der Waals surface area contributed by atoms with Crippen LogP contribution in [0.4, 0.5) is 5.69 Å². The first-order valence-corrected chi connectivity index (χ1v) is 7.17. The van der Waals surface area contributed by atoms with Gasteiger partial charge < -0.3 is 10.6 Å². The number of carbonyl (C=O) groups excluding carboxylic acids is 2. The lowest BCUT2D eigenvalue weighted by Crippen LogP contribution is -2.44. The van der Waals surface area contributed by atoms with Crippen molar-refractivity contribution in [3.8, 4) is 0 Å². The van der Waals surface area contributed by atoms with Crippen molar-refractivity contribution in [1.82, 2.24) is 5.32 Å². The molecule has 0 spiro atoms. The Labute approximate surface area is 125 Å². The number of hydrogen-bond acceptors (Lipinski definition) is 3. The van der Waals surface area contributed by atoms with E-state index in [1.165, 1.54) is 6.92 Å². The molecule has 4 nitrogen and oxygen atoms in total. The number of hydrogen-bond donors (Lipinski definition) is 3. The van der Waals surface area contributed by atoms with Crippen LogP contribution in [0, 0.1) is 0 Å². The maximum atomic E-state index is 12.2. The molecule has 0 fully saturated rings. The zero-order valence-electron chi connectivity index (χ0n) is 12.4. The van der Waals surface area contributed by atoms with Crippen LogP contribution in [0.1, 0.15) is 33.3 Å². The van der Waals surface area contributed by atoms with Crippen molar-refractivity contribution >= 4 is 30.1 Å². The fourth-order valence-electron chi connectivity index (χ4n) is 1.91. The van der Waals surface area contributed by atoms with E-state index in [0.29, 0.717) is 0 Å². The molecule has 0 aromatic heterocycles. The number of benzene rings is 1. The van der Waals surface area contributed by atoms with Crippen LogP contribution in [-0.2, 0) is 15.0 Å². The molecule has 0 aliphatic rings. The second kappa shape index (κ2) is 6.79. The van der Waals surface area contributed by atoms with E-state index in [1.807, 2.05) is 24.3 Å². The molecule has 1 unspecified atom stereocenters. The SMILES string of the molecule is CC(=O)NC(CS)C(=O)Nc1ccccc1C(C)(C)C. The number of thiol groups is 1. The molecule has 0 heterocycles. The van der Waals surface area contributed by atoms with Crippen molar-refractivity contribution in [3.05, 3.63) is 29.8 Å². The van der Waals surface area contributed by atoms with Crippen molar-refractivity contribution in [2.45, 2.75) is 39.2 Å². The third kappa shape index (κ3) is 4.56. The highest BCUT2D eigenvalue weighted by molar-refractivity contribution is 7.80. The Kier molecular flexibility index (Phi) is 5.62. The molecule has 0 bridgehead atoms. The molecule has 20 heavy (non-hydrogen) atoms. The van der Waals surface area contributed by atoms with Gasteiger partial charge in [-0.1, -0.05) is 39.0 Å². The average molecular weight is 294 g/mol. The summed E-state index contributed by atoms with van der Waals surface area (Å²) in [5, 5.41) is 5.45. The Morgan fingerprint density at radius 2 is 1.85 bits per heavy atom. The number of anilines is 1. The van der Waals surface area contributed by atoms with Crippen LogP contribution in [0.3, 0.4) is 0 Å². The molecule has 0 saturated carbocycles. The molecule has 1 aromatic rings. The topological polar surface area (TPSA) is 58.2 Å². The van der Waals surface area contributed by atoms with E-state index in [9.17, 15) is 9.59 Å². The first-order valence-electron chi connectivity index (χ1n) is 6.54. The summed E-state index contributed by atoms with van der Waals surface area (Å²) < 4.78 is 0. The van der Waals surface area contributed by atoms with Gasteiger partial charge in [-0.25, -0.2) is 0 Å². The molecule has 5 heteroatoms. The lowest BCUT2D eigenvalue weighted by atomic mass is 9.86. The molecular formula is C15H22N2O2S. The number of amides is 2. The highest BCUT2D eigenvalue weighted by atomic mass is 32.1. The fraction of sp³-hybridized carbons (Fsp3) is 0.467. The standard InChI is InChI=1S/C15H22N2O2S/c1-10(18)16-13(9-20)14(19)17-12-8-6-5-7-11(12)15(2,3)4/h5-8,13,20H,9H2,1-4H3,(H,16,18)(H,17,19). The Bertz CT molecular complexity index is 495. The van der Waals surface area contributed by atoms with Gasteiger partial charge in [0.15, 0.2) is 0 Å². The predicted molar refractivity (Wildman–Crippen MR) is 85.2 cm³/mol. The van der Waals surface area contributed by atoms with E-state index >= 15 is 0 Å². The van der Waals surface area contributed by atoms with Gasteiger partial charge in [0, 0.05) is 18.4 Å². The summed E-state index contributed by atoms with van der Waals surface area (Å²) in [6.45, 7) is 7.64. The second-order valence-electron chi connectivity index (χ2n) is 5.72. The minimum absolute atomic E-state index is 0.0751. The zero-order valence-corrected chi connectivity index (χ0v) is 13.3.